The quantitative estimate of drug-likeness (QED) is 0.194. The van der Waals surface area contributed by atoms with Gasteiger partial charge in [0.05, 0.1) is 17.1 Å². The van der Waals surface area contributed by atoms with E-state index < -0.39 is 6.09 Å². The molecule has 2 aromatic carbocycles. The summed E-state index contributed by atoms with van der Waals surface area (Å²) in [6.45, 7) is 13.2. The molecule has 1 fully saturated rings. The monoisotopic (exact) mass is 604 g/mol. The molecule has 10 heteroatoms. The minimum Gasteiger partial charge on any atom is -0.465 e. The molecule has 0 radical (unpaired) electrons. The number of anilines is 2. The van der Waals surface area contributed by atoms with Crippen LogP contribution < -0.4 is 5.32 Å². The number of carbonyl (C=O) groups is 2. The SMILES string of the molecule is CC(C)C=C(C#N)C(=O)N1CCCC1Cn1c(Nc2ccc(Cl)cc2)nc2cc(CN(C(=O)O)[C@@H](C)C(C)(C)C)ccc21. The molecule has 1 aliphatic heterocycles. The summed E-state index contributed by atoms with van der Waals surface area (Å²) in [6, 6.07) is 15.0. The van der Waals surface area contributed by atoms with Crippen LogP contribution >= 0.6 is 11.6 Å². The number of aromatic nitrogens is 2. The van der Waals surface area contributed by atoms with E-state index in [2.05, 4.69) is 16.0 Å². The fourth-order valence-electron chi connectivity index (χ4n) is 5.40. The molecule has 228 valence electrons. The summed E-state index contributed by atoms with van der Waals surface area (Å²) >= 11 is 6.11. The number of likely N-dealkylation sites (tertiary alicyclic amines) is 1. The Bertz CT molecular complexity index is 1550. The zero-order valence-electron chi connectivity index (χ0n) is 25.8. The number of nitriles is 1. The Morgan fingerprint density at radius 1 is 1.21 bits per heavy atom. The molecular weight excluding hydrogens is 564 g/mol. The van der Waals surface area contributed by atoms with Gasteiger partial charge in [0.1, 0.15) is 11.6 Å². The first-order chi connectivity index (χ1) is 20.3. The molecule has 0 bridgehead atoms. The second-order valence-corrected chi connectivity index (χ2v) is 13.1. The van der Waals surface area contributed by atoms with E-state index in [0.717, 1.165) is 35.1 Å². The van der Waals surface area contributed by atoms with Crippen LogP contribution in [0.3, 0.4) is 0 Å². The van der Waals surface area contributed by atoms with E-state index in [0.29, 0.717) is 24.1 Å². The number of hydrogen-bond acceptors (Lipinski definition) is 5. The van der Waals surface area contributed by atoms with Crippen LogP contribution in [0.2, 0.25) is 5.02 Å². The van der Waals surface area contributed by atoms with Gasteiger partial charge in [0.15, 0.2) is 0 Å². The number of fused-ring (bicyclic) bond motifs is 1. The Hall–Kier alpha value is -4.03. The minimum absolute atomic E-state index is 0.0880. The third-order valence-electron chi connectivity index (χ3n) is 8.11. The number of hydrogen-bond donors (Lipinski definition) is 2. The summed E-state index contributed by atoms with van der Waals surface area (Å²) in [5.41, 5.74) is 3.18. The highest BCUT2D eigenvalue weighted by molar-refractivity contribution is 6.30. The molecule has 0 saturated carbocycles. The average molecular weight is 605 g/mol. The van der Waals surface area contributed by atoms with Crippen molar-refractivity contribution < 1.29 is 14.7 Å². The second-order valence-electron chi connectivity index (χ2n) is 12.7. The molecule has 1 aliphatic rings. The molecule has 43 heavy (non-hydrogen) atoms. The van der Waals surface area contributed by atoms with Gasteiger partial charge in [-0.05, 0) is 73.1 Å². The van der Waals surface area contributed by atoms with Crippen LogP contribution in [0.15, 0.2) is 54.1 Å². The Morgan fingerprint density at radius 2 is 1.91 bits per heavy atom. The Balaban J connectivity index is 1.71. The summed E-state index contributed by atoms with van der Waals surface area (Å²) < 4.78 is 2.06. The van der Waals surface area contributed by atoms with Crippen molar-refractivity contribution in [1.82, 2.24) is 19.4 Å². The van der Waals surface area contributed by atoms with E-state index in [9.17, 15) is 20.0 Å². The summed E-state index contributed by atoms with van der Waals surface area (Å²) in [7, 11) is 0. The molecule has 0 aliphatic carbocycles. The average Bonchev–Trinajstić information content (AvgIpc) is 3.54. The lowest BCUT2D eigenvalue weighted by molar-refractivity contribution is -0.127. The lowest BCUT2D eigenvalue weighted by atomic mass is 9.87. The van der Waals surface area contributed by atoms with Gasteiger partial charge in [0, 0.05) is 36.4 Å². The van der Waals surface area contributed by atoms with Crippen LogP contribution in [0.1, 0.15) is 59.9 Å². The van der Waals surface area contributed by atoms with E-state index in [1.807, 2.05) is 76.8 Å². The van der Waals surface area contributed by atoms with Crippen LogP contribution in [0.25, 0.3) is 11.0 Å². The van der Waals surface area contributed by atoms with Gasteiger partial charge in [0.2, 0.25) is 5.95 Å². The Labute approximate surface area is 258 Å². The first kappa shape index (κ1) is 31.9. The number of carboxylic acid groups (broad SMARTS) is 1. The Kier molecular flexibility index (Phi) is 9.71. The van der Waals surface area contributed by atoms with Gasteiger partial charge < -0.3 is 24.8 Å². The maximum Gasteiger partial charge on any atom is 0.407 e. The summed E-state index contributed by atoms with van der Waals surface area (Å²) in [6.07, 6.45) is 2.42. The third kappa shape index (κ3) is 7.49. The molecule has 0 spiro atoms. The zero-order chi connectivity index (χ0) is 31.5. The van der Waals surface area contributed by atoms with E-state index in [-0.39, 0.29) is 41.4 Å². The number of halogens is 1. The van der Waals surface area contributed by atoms with Crippen molar-refractivity contribution in [2.75, 3.05) is 11.9 Å². The van der Waals surface area contributed by atoms with Crippen molar-refractivity contribution in [3.05, 3.63) is 64.7 Å². The number of nitrogens with one attached hydrogen (secondary N) is 1. The second kappa shape index (κ2) is 13.1. The van der Waals surface area contributed by atoms with E-state index in [1.54, 1.807) is 18.2 Å². The van der Waals surface area contributed by atoms with Gasteiger partial charge in [-0.2, -0.15) is 5.26 Å². The number of nitrogens with zero attached hydrogens (tertiary/aromatic N) is 5. The molecule has 2 atom stereocenters. The molecule has 3 aromatic rings. The normalized spacial score (nSPS) is 16.4. The molecule has 2 N–H and O–H groups in total. The van der Waals surface area contributed by atoms with Gasteiger partial charge in [-0.15, -0.1) is 0 Å². The number of rotatable bonds is 9. The zero-order valence-corrected chi connectivity index (χ0v) is 26.5. The molecule has 1 aromatic heterocycles. The maximum atomic E-state index is 13.4. The van der Waals surface area contributed by atoms with Crippen LogP contribution in [0.5, 0.6) is 0 Å². The van der Waals surface area contributed by atoms with Crippen molar-refractivity contribution in [2.45, 2.75) is 79.6 Å². The van der Waals surface area contributed by atoms with Gasteiger partial charge in [-0.1, -0.05) is 58.4 Å². The van der Waals surface area contributed by atoms with Crippen molar-refractivity contribution in [2.24, 2.45) is 11.3 Å². The van der Waals surface area contributed by atoms with Crippen molar-refractivity contribution in [3.8, 4) is 6.07 Å². The largest absolute Gasteiger partial charge is 0.465 e. The summed E-state index contributed by atoms with van der Waals surface area (Å²) in [5.74, 6) is 0.453. The third-order valence-corrected chi connectivity index (χ3v) is 8.37. The predicted octanol–water partition coefficient (Wildman–Crippen LogP) is 7.44. The van der Waals surface area contributed by atoms with Gasteiger partial charge >= 0.3 is 6.09 Å². The predicted molar refractivity (Wildman–Crippen MR) is 170 cm³/mol. The first-order valence-electron chi connectivity index (χ1n) is 14.7. The summed E-state index contributed by atoms with van der Waals surface area (Å²) in [5, 5.41) is 23.7. The highest BCUT2D eigenvalue weighted by Crippen LogP contribution is 2.30. The fraction of sp³-hybridized carbons (Fsp3) is 0.455. The number of allylic oxidation sites excluding steroid dienone is 1. The lowest BCUT2D eigenvalue weighted by Crippen LogP contribution is -2.44. The highest BCUT2D eigenvalue weighted by Gasteiger charge is 2.33. The molecule has 4 rings (SSSR count). The standard InChI is InChI=1S/C33H41ClN6O3/c1-21(2)16-24(18-35)30(41)38-15-7-8-27(38)20-40-29-14-9-23(19-39(32(42)43)22(3)33(4,5)6)17-28(29)37-31(40)36-26-12-10-25(34)11-13-26/h9-14,16-17,21-22,27H,7-8,15,19-20H2,1-6H3,(H,36,37)(H,42,43)/t22-,27?/m0/s1. The van der Waals surface area contributed by atoms with Crippen molar-refractivity contribution in [3.63, 3.8) is 0 Å². The van der Waals surface area contributed by atoms with E-state index >= 15 is 0 Å². The molecule has 2 amide bonds. The molecule has 1 saturated heterocycles. The smallest absolute Gasteiger partial charge is 0.407 e. The van der Waals surface area contributed by atoms with Crippen LogP contribution in [0.4, 0.5) is 16.4 Å². The fourth-order valence-corrected chi connectivity index (χ4v) is 5.52. The maximum absolute atomic E-state index is 13.4. The van der Waals surface area contributed by atoms with Crippen molar-refractivity contribution in [1.29, 1.82) is 5.26 Å². The molecular formula is C33H41ClN6O3. The van der Waals surface area contributed by atoms with E-state index in [1.165, 1.54) is 4.90 Å². The van der Waals surface area contributed by atoms with Gasteiger partial charge in [-0.25, -0.2) is 9.78 Å². The van der Waals surface area contributed by atoms with E-state index in [4.69, 9.17) is 16.6 Å². The summed E-state index contributed by atoms with van der Waals surface area (Å²) in [4.78, 5) is 33.8. The molecule has 9 nitrogen and oxygen atoms in total. The van der Waals surface area contributed by atoms with Crippen LogP contribution in [0, 0.1) is 22.7 Å². The minimum atomic E-state index is -0.965. The lowest BCUT2D eigenvalue weighted by Gasteiger charge is -2.36. The van der Waals surface area contributed by atoms with Crippen LogP contribution in [-0.4, -0.2) is 55.1 Å². The topological polar surface area (TPSA) is 114 Å². The molecule has 1 unspecified atom stereocenters. The first-order valence-corrected chi connectivity index (χ1v) is 15.1. The number of imidazole rings is 1. The Morgan fingerprint density at radius 3 is 2.51 bits per heavy atom. The number of amides is 2. The highest BCUT2D eigenvalue weighted by atomic mass is 35.5. The number of carbonyl (C=O) groups excluding carboxylic acids is 1. The molecule has 2 heterocycles. The van der Waals surface area contributed by atoms with Gasteiger partial charge in [0.25, 0.3) is 5.91 Å². The van der Waals surface area contributed by atoms with Gasteiger partial charge in [-0.3, -0.25) is 4.79 Å². The van der Waals surface area contributed by atoms with Crippen LogP contribution in [-0.2, 0) is 17.9 Å². The van der Waals surface area contributed by atoms with Crippen molar-refractivity contribution >= 4 is 46.3 Å². The number of benzene rings is 2.